The summed E-state index contributed by atoms with van der Waals surface area (Å²) in [6.07, 6.45) is 0.312. The number of thiazole rings is 1. The Morgan fingerprint density at radius 3 is 3.36 bits per heavy atom. The molecule has 3 rings (SSSR count). The molecule has 0 bridgehead atoms. The number of benzene rings is 1. The Morgan fingerprint density at radius 1 is 1.57 bits per heavy atom. The van der Waals surface area contributed by atoms with Crippen LogP contribution in [0.25, 0.3) is 10.2 Å². The van der Waals surface area contributed by atoms with Crippen molar-refractivity contribution in [1.29, 1.82) is 0 Å². The van der Waals surface area contributed by atoms with Gasteiger partial charge >= 0.3 is 0 Å². The van der Waals surface area contributed by atoms with Crippen molar-refractivity contribution >= 4 is 21.6 Å². The molecule has 1 aromatic heterocycles. The Labute approximate surface area is 85.3 Å². The second-order valence-electron chi connectivity index (χ2n) is 3.25. The van der Waals surface area contributed by atoms with Crippen molar-refractivity contribution in [1.82, 2.24) is 4.98 Å². The topological polar surface area (TPSA) is 34.6 Å². The Hall–Kier alpha value is -1.13. The van der Waals surface area contributed by atoms with Gasteiger partial charge in [-0.2, -0.15) is 0 Å². The van der Waals surface area contributed by atoms with Gasteiger partial charge in [-0.05, 0) is 18.2 Å². The fourth-order valence-electron chi connectivity index (χ4n) is 1.28. The first-order valence-corrected chi connectivity index (χ1v) is 5.37. The van der Waals surface area contributed by atoms with Crippen molar-refractivity contribution in [2.75, 3.05) is 13.2 Å². The van der Waals surface area contributed by atoms with Crippen LogP contribution in [0.1, 0.15) is 0 Å². The van der Waals surface area contributed by atoms with Gasteiger partial charge in [0.2, 0.25) is 0 Å². The van der Waals surface area contributed by atoms with Gasteiger partial charge in [0.15, 0.2) is 0 Å². The maximum absolute atomic E-state index is 5.56. The highest BCUT2D eigenvalue weighted by Crippen LogP contribution is 2.24. The van der Waals surface area contributed by atoms with Gasteiger partial charge < -0.3 is 9.47 Å². The summed E-state index contributed by atoms with van der Waals surface area (Å²) in [5.41, 5.74) is 2.88. The average Bonchev–Trinajstić information content (AvgIpc) is 2.92. The van der Waals surface area contributed by atoms with Gasteiger partial charge in [0.05, 0.1) is 22.3 Å². The van der Waals surface area contributed by atoms with E-state index in [0.717, 1.165) is 17.9 Å². The molecule has 1 fully saturated rings. The van der Waals surface area contributed by atoms with E-state index in [2.05, 4.69) is 4.98 Å². The Balaban J connectivity index is 1.81. The number of aromatic nitrogens is 1. The van der Waals surface area contributed by atoms with Crippen molar-refractivity contribution in [2.24, 2.45) is 0 Å². The molecule has 2 aromatic rings. The van der Waals surface area contributed by atoms with E-state index in [4.69, 9.17) is 9.47 Å². The molecule has 3 nitrogen and oxygen atoms in total. The fraction of sp³-hybridized carbons (Fsp3) is 0.300. The molecule has 2 heterocycles. The van der Waals surface area contributed by atoms with Gasteiger partial charge in [-0.25, -0.2) is 4.98 Å². The van der Waals surface area contributed by atoms with Crippen LogP contribution in [0.15, 0.2) is 23.7 Å². The smallest absolute Gasteiger partial charge is 0.121 e. The number of ether oxygens (including phenoxy) is 2. The van der Waals surface area contributed by atoms with E-state index in [1.165, 1.54) is 4.70 Å². The maximum atomic E-state index is 5.56. The Bertz CT molecular complexity index is 450. The normalized spacial score (nSPS) is 19.9. The van der Waals surface area contributed by atoms with Crippen LogP contribution in [0.4, 0.5) is 0 Å². The third-order valence-electron chi connectivity index (χ3n) is 2.14. The zero-order chi connectivity index (χ0) is 9.38. The van der Waals surface area contributed by atoms with Crippen molar-refractivity contribution in [3.8, 4) is 5.75 Å². The molecule has 0 amide bonds. The Morgan fingerprint density at radius 2 is 2.50 bits per heavy atom. The predicted molar refractivity (Wildman–Crippen MR) is 54.9 cm³/mol. The molecule has 0 aliphatic carbocycles. The molecular formula is C10H9NO2S. The lowest BCUT2D eigenvalue weighted by Crippen LogP contribution is -2.03. The van der Waals surface area contributed by atoms with Crippen LogP contribution in [0.5, 0.6) is 5.75 Å². The van der Waals surface area contributed by atoms with Gasteiger partial charge in [-0.3, -0.25) is 0 Å². The monoisotopic (exact) mass is 207 g/mol. The lowest BCUT2D eigenvalue weighted by molar-refractivity contribution is 0.263. The van der Waals surface area contributed by atoms with Gasteiger partial charge in [-0.15, -0.1) is 11.3 Å². The van der Waals surface area contributed by atoms with E-state index in [1.807, 2.05) is 23.7 Å². The second-order valence-corrected chi connectivity index (χ2v) is 4.13. The minimum Gasteiger partial charge on any atom is -0.491 e. The van der Waals surface area contributed by atoms with Crippen LogP contribution in [0, 0.1) is 0 Å². The highest BCUT2D eigenvalue weighted by atomic mass is 32.1. The predicted octanol–water partition coefficient (Wildman–Crippen LogP) is 2.07. The first kappa shape index (κ1) is 8.20. The largest absolute Gasteiger partial charge is 0.491 e. The summed E-state index contributed by atoms with van der Waals surface area (Å²) >= 11 is 1.63. The van der Waals surface area contributed by atoms with Crippen LogP contribution in [0.2, 0.25) is 0 Å². The minimum atomic E-state index is 0.312. The van der Waals surface area contributed by atoms with Crippen molar-refractivity contribution < 1.29 is 9.47 Å². The lowest BCUT2D eigenvalue weighted by atomic mass is 10.3. The third kappa shape index (κ3) is 1.58. The molecule has 72 valence electrons. The summed E-state index contributed by atoms with van der Waals surface area (Å²) < 4.78 is 11.8. The van der Waals surface area contributed by atoms with Crippen LogP contribution in [-0.4, -0.2) is 24.3 Å². The van der Waals surface area contributed by atoms with Gasteiger partial charge in [0.25, 0.3) is 0 Å². The van der Waals surface area contributed by atoms with E-state index in [-0.39, 0.29) is 0 Å². The van der Waals surface area contributed by atoms with Crippen LogP contribution in [0.3, 0.4) is 0 Å². The highest BCUT2D eigenvalue weighted by Gasteiger charge is 2.22. The van der Waals surface area contributed by atoms with Gasteiger partial charge in [-0.1, -0.05) is 0 Å². The van der Waals surface area contributed by atoms with E-state index >= 15 is 0 Å². The quantitative estimate of drug-likeness (QED) is 0.723. The summed E-state index contributed by atoms with van der Waals surface area (Å²) in [7, 11) is 0. The number of hydrogen-bond acceptors (Lipinski definition) is 4. The number of hydrogen-bond donors (Lipinski definition) is 0. The molecule has 1 saturated heterocycles. The molecule has 0 N–H and O–H groups in total. The first-order chi connectivity index (χ1) is 6.92. The standard InChI is InChI=1S/C10H9NO2S/c1-2-9-10(14-6-11-9)3-7(1)12-4-8-5-13-8/h1-3,6,8H,4-5H2/t8-/m1/s1. The van der Waals surface area contributed by atoms with Crippen LogP contribution < -0.4 is 4.74 Å². The van der Waals surface area contributed by atoms with Gasteiger partial charge in [0.1, 0.15) is 18.5 Å². The number of nitrogens with zero attached hydrogens (tertiary/aromatic N) is 1. The lowest BCUT2D eigenvalue weighted by Gasteiger charge is -2.02. The molecule has 14 heavy (non-hydrogen) atoms. The number of fused-ring (bicyclic) bond motifs is 1. The van der Waals surface area contributed by atoms with Gasteiger partial charge in [0, 0.05) is 0 Å². The Kier molecular flexibility index (Phi) is 1.89. The summed E-state index contributed by atoms with van der Waals surface area (Å²) in [6.45, 7) is 1.49. The van der Waals surface area contributed by atoms with Crippen LogP contribution >= 0.6 is 11.3 Å². The molecule has 1 aliphatic rings. The van der Waals surface area contributed by atoms with Crippen molar-refractivity contribution in [3.63, 3.8) is 0 Å². The maximum Gasteiger partial charge on any atom is 0.121 e. The van der Waals surface area contributed by atoms with Crippen molar-refractivity contribution in [2.45, 2.75) is 6.10 Å². The molecule has 0 radical (unpaired) electrons. The minimum absolute atomic E-state index is 0.312. The highest BCUT2D eigenvalue weighted by molar-refractivity contribution is 7.16. The molecule has 0 unspecified atom stereocenters. The molecular weight excluding hydrogens is 198 g/mol. The summed E-state index contributed by atoms with van der Waals surface area (Å²) in [6, 6.07) is 5.95. The van der Waals surface area contributed by atoms with E-state index < -0.39 is 0 Å². The molecule has 1 atom stereocenters. The fourth-order valence-corrected chi connectivity index (χ4v) is 1.98. The SMILES string of the molecule is c1nc2ccc(OC[C@@H]3CO3)cc2s1. The van der Waals surface area contributed by atoms with Crippen LogP contribution in [-0.2, 0) is 4.74 Å². The van der Waals surface area contributed by atoms with E-state index in [9.17, 15) is 0 Å². The molecule has 1 aliphatic heterocycles. The van der Waals surface area contributed by atoms with E-state index in [1.54, 1.807) is 11.3 Å². The average molecular weight is 207 g/mol. The van der Waals surface area contributed by atoms with E-state index in [0.29, 0.717) is 12.7 Å². The third-order valence-corrected chi connectivity index (χ3v) is 2.93. The zero-order valence-electron chi connectivity index (χ0n) is 7.47. The number of rotatable bonds is 3. The summed E-state index contributed by atoms with van der Waals surface area (Å²) in [4.78, 5) is 4.21. The van der Waals surface area contributed by atoms with Crippen molar-refractivity contribution in [3.05, 3.63) is 23.7 Å². The number of epoxide rings is 1. The molecule has 0 spiro atoms. The first-order valence-electron chi connectivity index (χ1n) is 4.49. The summed E-state index contributed by atoms with van der Waals surface area (Å²) in [5.74, 6) is 0.900. The zero-order valence-corrected chi connectivity index (χ0v) is 8.29. The molecule has 0 saturated carbocycles. The molecule has 4 heteroatoms. The second kappa shape index (κ2) is 3.22. The summed E-state index contributed by atoms with van der Waals surface area (Å²) in [5, 5.41) is 0. The molecule has 1 aromatic carbocycles.